The maximum Gasteiger partial charge on any atom is 0.328 e. The summed E-state index contributed by atoms with van der Waals surface area (Å²) in [6, 6.07) is 19.1. The summed E-state index contributed by atoms with van der Waals surface area (Å²) in [5, 5.41) is 35.7. The smallest absolute Gasteiger partial charge is 0.328 e. The van der Waals surface area contributed by atoms with Gasteiger partial charge in [-0.15, -0.1) is 0 Å². The number of nitrogens with two attached hydrogens (primary N) is 1. The molecule has 0 heterocycles. The molecule has 0 fully saturated rings. The lowest BCUT2D eigenvalue weighted by Gasteiger charge is -2.25. The molecule has 0 aromatic heterocycles. The minimum atomic E-state index is -1.56. The minimum absolute atomic E-state index is 0.0303. The third kappa shape index (κ3) is 9.75. The fourth-order valence-corrected chi connectivity index (χ4v) is 4.11. The number of hydrogen-bond acceptors (Lipinski definition) is 7. The number of carboxylic acid groups (broad SMARTS) is 1. The number of phenols is 1. The van der Waals surface area contributed by atoms with Gasteiger partial charge in [-0.05, 0) is 35.2 Å². The summed E-state index contributed by atoms with van der Waals surface area (Å²) < 4.78 is 0. The van der Waals surface area contributed by atoms with Crippen molar-refractivity contribution in [3.63, 3.8) is 0 Å². The number of aliphatic hydroxyl groups is 1. The maximum absolute atomic E-state index is 13.6. The van der Waals surface area contributed by atoms with Crippen molar-refractivity contribution in [2.24, 2.45) is 5.73 Å². The SMILES string of the molecule is NC(Cc1ccc(O)cc1)C(=O)NC(Cc1ccccc1)C(=O)NC(Cc1ccccc1)C(=O)NC(CO)C(=O)O. The van der Waals surface area contributed by atoms with Crippen molar-refractivity contribution in [2.75, 3.05) is 6.61 Å². The Morgan fingerprint density at radius 1 is 0.610 bits per heavy atom. The fraction of sp³-hybridized carbons (Fsp3) is 0.267. The molecule has 4 unspecified atom stereocenters. The van der Waals surface area contributed by atoms with Gasteiger partial charge in [0.25, 0.3) is 0 Å². The van der Waals surface area contributed by atoms with Crippen LogP contribution in [0.15, 0.2) is 84.9 Å². The summed E-state index contributed by atoms with van der Waals surface area (Å²) >= 11 is 0. The highest BCUT2D eigenvalue weighted by molar-refractivity contribution is 5.94. The van der Waals surface area contributed by atoms with Gasteiger partial charge in [-0.3, -0.25) is 14.4 Å². The van der Waals surface area contributed by atoms with E-state index in [1.165, 1.54) is 12.1 Å². The Balaban J connectivity index is 1.80. The molecule has 3 rings (SSSR count). The highest BCUT2D eigenvalue weighted by Crippen LogP contribution is 2.12. The lowest BCUT2D eigenvalue weighted by molar-refractivity contribution is -0.143. The molecule has 0 saturated carbocycles. The molecular formula is C30H34N4O7. The summed E-state index contributed by atoms with van der Waals surface area (Å²) in [4.78, 5) is 51.1. The second-order valence-electron chi connectivity index (χ2n) is 9.56. The van der Waals surface area contributed by atoms with Gasteiger partial charge in [0.2, 0.25) is 17.7 Å². The number of nitrogens with one attached hydrogen (secondary N) is 3. The van der Waals surface area contributed by atoms with Crippen LogP contribution in [0.1, 0.15) is 16.7 Å². The van der Waals surface area contributed by atoms with Crippen molar-refractivity contribution in [1.82, 2.24) is 16.0 Å². The number of amides is 3. The molecule has 216 valence electrons. The lowest BCUT2D eigenvalue weighted by atomic mass is 10.0. The first-order valence-corrected chi connectivity index (χ1v) is 13.0. The predicted molar refractivity (Wildman–Crippen MR) is 151 cm³/mol. The number of phenolic OH excluding ortho intramolecular Hbond substituents is 1. The van der Waals surface area contributed by atoms with Gasteiger partial charge in [0.1, 0.15) is 23.9 Å². The number of aliphatic hydroxyl groups excluding tert-OH is 1. The van der Waals surface area contributed by atoms with E-state index in [4.69, 9.17) is 5.73 Å². The fourth-order valence-electron chi connectivity index (χ4n) is 4.11. The van der Waals surface area contributed by atoms with E-state index in [9.17, 15) is 34.5 Å². The first-order valence-electron chi connectivity index (χ1n) is 13.0. The van der Waals surface area contributed by atoms with Gasteiger partial charge in [0.15, 0.2) is 0 Å². The van der Waals surface area contributed by atoms with Crippen molar-refractivity contribution in [3.05, 3.63) is 102 Å². The van der Waals surface area contributed by atoms with Gasteiger partial charge in [0, 0.05) is 12.8 Å². The van der Waals surface area contributed by atoms with Crippen LogP contribution in [0.25, 0.3) is 0 Å². The van der Waals surface area contributed by atoms with Gasteiger partial charge in [-0.25, -0.2) is 4.79 Å². The molecule has 3 aromatic rings. The molecule has 3 aromatic carbocycles. The third-order valence-corrected chi connectivity index (χ3v) is 6.36. The van der Waals surface area contributed by atoms with Crippen molar-refractivity contribution >= 4 is 23.7 Å². The number of carboxylic acids is 1. The van der Waals surface area contributed by atoms with E-state index in [1.54, 1.807) is 66.7 Å². The molecule has 0 spiro atoms. The quantitative estimate of drug-likeness (QED) is 0.146. The van der Waals surface area contributed by atoms with E-state index >= 15 is 0 Å². The minimum Gasteiger partial charge on any atom is -0.508 e. The molecule has 41 heavy (non-hydrogen) atoms. The van der Waals surface area contributed by atoms with Crippen LogP contribution in [0.5, 0.6) is 5.75 Å². The topological polar surface area (TPSA) is 191 Å². The lowest BCUT2D eigenvalue weighted by Crippen LogP contribution is -2.58. The van der Waals surface area contributed by atoms with Gasteiger partial charge in [0.05, 0.1) is 12.6 Å². The Morgan fingerprint density at radius 2 is 1.02 bits per heavy atom. The average molecular weight is 563 g/mol. The van der Waals surface area contributed by atoms with Crippen LogP contribution in [-0.4, -0.2) is 69.8 Å². The molecule has 0 bridgehead atoms. The van der Waals surface area contributed by atoms with Crippen molar-refractivity contribution in [3.8, 4) is 5.75 Å². The predicted octanol–water partition coefficient (Wildman–Crippen LogP) is 0.279. The summed E-state index contributed by atoms with van der Waals surface area (Å²) in [6.45, 7) is -0.835. The molecule has 11 heteroatoms. The Hall–Kier alpha value is -4.74. The summed E-state index contributed by atoms with van der Waals surface area (Å²) in [5.41, 5.74) is 8.29. The van der Waals surface area contributed by atoms with Crippen LogP contribution < -0.4 is 21.7 Å². The standard InChI is InChI=1S/C30H34N4O7/c31-23(15-21-11-13-22(36)14-12-21)27(37)32-24(16-19-7-3-1-4-8-19)28(38)33-25(17-20-9-5-2-6-10-20)29(39)34-26(18-35)30(40)41/h1-14,23-26,35-36H,15-18,31H2,(H,32,37)(H,33,38)(H,34,39)(H,40,41). The van der Waals surface area contributed by atoms with Crippen LogP contribution in [0.3, 0.4) is 0 Å². The summed E-state index contributed by atoms with van der Waals surface area (Å²) in [7, 11) is 0. The number of hydrogen-bond donors (Lipinski definition) is 7. The normalized spacial score (nSPS) is 13.7. The van der Waals surface area contributed by atoms with Crippen LogP contribution >= 0.6 is 0 Å². The van der Waals surface area contributed by atoms with E-state index in [2.05, 4.69) is 16.0 Å². The van der Waals surface area contributed by atoms with Crippen LogP contribution in [0.4, 0.5) is 0 Å². The summed E-state index contributed by atoms with van der Waals surface area (Å²) in [6.07, 6.45) is 0.281. The number of rotatable bonds is 14. The van der Waals surface area contributed by atoms with E-state index in [1.807, 2.05) is 6.07 Å². The van der Waals surface area contributed by atoms with Gasteiger partial charge in [-0.1, -0.05) is 72.8 Å². The third-order valence-electron chi connectivity index (χ3n) is 6.36. The molecule has 3 amide bonds. The first kappa shape index (κ1) is 30.8. The molecule has 0 saturated heterocycles. The number of benzene rings is 3. The largest absolute Gasteiger partial charge is 0.508 e. The molecular weight excluding hydrogens is 528 g/mol. The number of aliphatic carboxylic acids is 1. The first-order chi connectivity index (χ1) is 19.7. The zero-order valence-corrected chi connectivity index (χ0v) is 22.3. The van der Waals surface area contributed by atoms with E-state index in [-0.39, 0.29) is 25.0 Å². The highest BCUT2D eigenvalue weighted by atomic mass is 16.4. The number of carbonyl (C=O) groups is 4. The van der Waals surface area contributed by atoms with Crippen LogP contribution in [-0.2, 0) is 38.4 Å². The molecule has 4 atom stereocenters. The van der Waals surface area contributed by atoms with E-state index in [0.29, 0.717) is 11.1 Å². The van der Waals surface area contributed by atoms with Crippen molar-refractivity contribution in [2.45, 2.75) is 43.4 Å². The number of carbonyl (C=O) groups excluding carboxylic acids is 3. The van der Waals surface area contributed by atoms with Crippen molar-refractivity contribution < 1.29 is 34.5 Å². The molecule has 8 N–H and O–H groups in total. The molecule has 0 aliphatic carbocycles. The molecule has 11 nitrogen and oxygen atoms in total. The Kier molecular flexibility index (Phi) is 11.4. The Morgan fingerprint density at radius 3 is 1.46 bits per heavy atom. The van der Waals surface area contributed by atoms with Crippen LogP contribution in [0, 0.1) is 0 Å². The molecule has 0 aliphatic rings. The maximum atomic E-state index is 13.6. The zero-order valence-electron chi connectivity index (χ0n) is 22.3. The molecule has 0 radical (unpaired) electrons. The van der Waals surface area contributed by atoms with Crippen molar-refractivity contribution in [1.29, 1.82) is 0 Å². The van der Waals surface area contributed by atoms with Gasteiger partial charge >= 0.3 is 5.97 Å². The Labute approximate surface area is 237 Å². The Bertz CT molecular complexity index is 1300. The van der Waals surface area contributed by atoms with E-state index < -0.39 is 54.5 Å². The highest BCUT2D eigenvalue weighted by Gasteiger charge is 2.30. The van der Waals surface area contributed by atoms with Crippen LogP contribution in [0.2, 0.25) is 0 Å². The second-order valence-corrected chi connectivity index (χ2v) is 9.56. The second kappa shape index (κ2) is 15.2. The summed E-state index contributed by atoms with van der Waals surface area (Å²) in [5.74, 6) is -3.43. The zero-order chi connectivity index (χ0) is 29.8. The molecule has 0 aliphatic heterocycles. The van der Waals surface area contributed by atoms with Gasteiger partial charge < -0.3 is 37.0 Å². The van der Waals surface area contributed by atoms with Gasteiger partial charge in [-0.2, -0.15) is 0 Å². The average Bonchev–Trinajstić information content (AvgIpc) is 2.97. The van der Waals surface area contributed by atoms with E-state index in [0.717, 1.165) is 5.56 Å². The monoisotopic (exact) mass is 562 g/mol. The number of aromatic hydroxyl groups is 1.